The maximum atomic E-state index is 12.4. The van der Waals surface area contributed by atoms with Gasteiger partial charge in [-0.15, -0.1) is 0 Å². The molecule has 2 heterocycles. The fourth-order valence-corrected chi connectivity index (χ4v) is 2.74. The van der Waals surface area contributed by atoms with E-state index in [2.05, 4.69) is 15.5 Å². The van der Waals surface area contributed by atoms with Crippen LogP contribution in [0, 0.1) is 0 Å². The third kappa shape index (κ3) is 2.36. The molecule has 0 aliphatic heterocycles. The average molecular weight is 303 g/mol. The minimum absolute atomic E-state index is 0.0420. The third-order valence-electron chi connectivity index (χ3n) is 4.11. The second kappa shape index (κ2) is 5.28. The van der Waals surface area contributed by atoms with Gasteiger partial charge in [-0.05, 0) is 18.4 Å². The highest BCUT2D eigenvalue weighted by Crippen LogP contribution is 2.18. The Balaban J connectivity index is 1.82. The van der Waals surface area contributed by atoms with Crippen molar-refractivity contribution in [3.63, 3.8) is 0 Å². The topological polar surface area (TPSA) is 102 Å². The molecule has 0 spiro atoms. The minimum atomic E-state index is -0.517. The Morgan fingerprint density at radius 2 is 2.14 bits per heavy atom. The molecule has 0 saturated carbocycles. The van der Waals surface area contributed by atoms with Crippen molar-refractivity contribution in [2.45, 2.75) is 25.3 Å². The highest BCUT2D eigenvalue weighted by atomic mass is 16.2. The first-order chi connectivity index (χ1) is 10.5. The molecule has 1 aliphatic rings. The van der Waals surface area contributed by atoms with Crippen molar-refractivity contribution in [2.75, 3.05) is 0 Å². The molecule has 8 nitrogen and oxygen atoms in total. The Bertz CT molecular complexity index is 845. The molecule has 2 aromatic heterocycles. The van der Waals surface area contributed by atoms with Gasteiger partial charge in [0.2, 0.25) is 0 Å². The largest absolute Gasteiger partial charge is 0.348 e. The van der Waals surface area contributed by atoms with E-state index in [0.717, 1.165) is 23.1 Å². The van der Waals surface area contributed by atoms with Gasteiger partial charge >= 0.3 is 5.69 Å². The number of rotatable bonds is 2. The van der Waals surface area contributed by atoms with Crippen LogP contribution >= 0.6 is 0 Å². The highest BCUT2D eigenvalue weighted by molar-refractivity contribution is 5.92. The van der Waals surface area contributed by atoms with Crippen molar-refractivity contribution in [1.29, 1.82) is 0 Å². The molecule has 8 heteroatoms. The Morgan fingerprint density at radius 1 is 1.36 bits per heavy atom. The number of nitrogens with one attached hydrogen (secondary N) is 2. The molecule has 0 unspecified atom stereocenters. The highest BCUT2D eigenvalue weighted by Gasteiger charge is 2.23. The van der Waals surface area contributed by atoms with E-state index in [4.69, 9.17) is 0 Å². The number of nitrogens with zero attached hydrogens (tertiary/aromatic N) is 3. The van der Waals surface area contributed by atoms with Gasteiger partial charge in [0.15, 0.2) is 0 Å². The van der Waals surface area contributed by atoms with E-state index in [0.29, 0.717) is 6.42 Å². The summed E-state index contributed by atoms with van der Waals surface area (Å²) in [7, 11) is 2.86. The van der Waals surface area contributed by atoms with Crippen molar-refractivity contribution in [3.05, 3.63) is 50.1 Å². The lowest BCUT2D eigenvalue weighted by Crippen LogP contribution is -2.44. The quantitative estimate of drug-likeness (QED) is 0.750. The number of aryl methyl sites for hydroxylation is 1. The molecule has 1 atom stereocenters. The number of amides is 1. The Morgan fingerprint density at radius 3 is 2.91 bits per heavy atom. The van der Waals surface area contributed by atoms with Crippen LogP contribution < -0.4 is 16.6 Å². The SMILES string of the molecule is Cn1c(C(=O)N[C@@H]2CCc3cn[nH]c3C2)cc(=O)n(C)c1=O. The van der Waals surface area contributed by atoms with Gasteiger partial charge in [-0.2, -0.15) is 5.10 Å². The first kappa shape index (κ1) is 14.3. The number of H-pyrrole nitrogens is 1. The number of carbonyl (C=O) groups is 1. The Hall–Kier alpha value is -2.64. The number of hydrogen-bond acceptors (Lipinski definition) is 4. The van der Waals surface area contributed by atoms with Gasteiger partial charge < -0.3 is 5.32 Å². The molecule has 3 rings (SSSR count). The lowest BCUT2D eigenvalue weighted by atomic mass is 9.93. The van der Waals surface area contributed by atoms with Crippen LogP contribution in [0.1, 0.15) is 28.2 Å². The van der Waals surface area contributed by atoms with Gasteiger partial charge in [-0.1, -0.05) is 0 Å². The summed E-state index contributed by atoms with van der Waals surface area (Å²) >= 11 is 0. The van der Waals surface area contributed by atoms with Crippen molar-refractivity contribution in [1.82, 2.24) is 24.6 Å². The zero-order valence-corrected chi connectivity index (χ0v) is 12.4. The van der Waals surface area contributed by atoms with Gasteiger partial charge in [-0.3, -0.25) is 23.8 Å². The van der Waals surface area contributed by atoms with Gasteiger partial charge in [0.05, 0.1) is 6.20 Å². The molecule has 2 aromatic rings. The monoisotopic (exact) mass is 303 g/mol. The first-order valence-corrected chi connectivity index (χ1v) is 7.06. The Kier molecular flexibility index (Phi) is 3.44. The van der Waals surface area contributed by atoms with Crippen LogP contribution in [-0.4, -0.2) is 31.3 Å². The van der Waals surface area contributed by atoms with Gasteiger partial charge in [0, 0.05) is 38.3 Å². The summed E-state index contributed by atoms with van der Waals surface area (Å²) < 4.78 is 2.15. The fourth-order valence-electron chi connectivity index (χ4n) is 2.74. The molecule has 22 heavy (non-hydrogen) atoms. The van der Waals surface area contributed by atoms with Crippen molar-refractivity contribution in [2.24, 2.45) is 14.1 Å². The number of aromatic amines is 1. The van der Waals surface area contributed by atoms with E-state index in [9.17, 15) is 14.4 Å². The summed E-state index contributed by atoms with van der Waals surface area (Å²) in [6.07, 6.45) is 4.11. The third-order valence-corrected chi connectivity index (χ3v) is 4.11. The molecule has 0 aromatic carbocycles. The molecular weight excluding hydrogens is 286 g/mol. The number of carbonyl (C=O) groups excluding carboxylic acids is 1. The summed E-state index contributed by atoms with van der Waals surface area (Å²) in [5, 5.41) is 9.81. The molecule has 2 N–H and O–H groups in total. The Labute approximate surface area is 125 Å². The summed E-state index contributed by atoms with van der Waals surface area (Å²) in [6, 6.07) is 1.14. The molecule has 116 valence electrons. The molecule has 1 aliphatic carbocycles. The van der Waals surface area contributed by atoms with Gasteiger partial charge in [0.25, 0.3) is 11.5 Å². The van der Waals surface area contributed by atoms with Crippen molar-refractivity contribution >= 4 is 5.91 Å². The van der Waals surface area contributed by atoms with Crippen LogP contribution in [0.5, 0.6) is 0 Å². The molecule has 0 bridgehead atoms. The second-order valence-electron chi connectivity index (χ2n) is 5.56. The number of aromatic nitrogens is 4. The predicted octanol–water partition coefficient (Wildman–Crippen LogP) is -0.906. The predicted molar refractivity (Wildman–Crippen MR) is 78.8 cm³/mol. The van der Waals surface area contributed by atoms with E-state index in [1.807, 2.05) is 0 Å². The molecule has 1 amide bonds. The lowest BCUT2D eigenvalue weighted by molar-refractivity contribution is 0.0923. The van der Waals surface area contributed by atoms with Crippen molar-refractivity contribution in [3.8, 4) is 0 Å². The summed E-state index contributed by atoms with van der Waals surface area (Å²) in [6.45, 7) is 0. The van der Waals surface area contributed by atoms with Gasteiger partial charge in [-0.25, -0.2) is 4.79 Å². The van der Waals surface area contributed by atoms with E-state index in [-0.39, 0.29) is 11.7 Å². The smallest absolute Gasteiger partial charge is 0.331 e. The number of hydrogen-bond donors (Lipinski definition) is 2. The zero-order valence-electron chi connectivity index (χ0n) is 12.4. The van der Waals surface area contributed by atoms with Crippen LogP contribution in [-0.2, 0) is 26.9 Å². The normalized spacial score (nSPS) is 17.1. The summed E-state index contributed by atoms with van der Waals surface area (Å²) in [5.41, 5.74) is 1.26. The first-order valence-electron chi connectivity index (χ1n) is 7.06. The van der Waals surface area contributed by atoms with Crippen LogP contribution in [0.3, 0.4) is 0 Å². The van der Waals surface area contributed by atoms with Crippen LogP contribution in [0.25, 0.3) is 0 Å². The maximum Gasteiger partial charge on any atom is 0.331 e. The average Bonchev–Trinajstić information content (AvgIpc) is 2.96. The second-order valence-corrected chi connectivity index (χ2v) is 5.56. The molecule has 0 saturated heterocycles. The number of fused-ring (bicyclic) bond motifs is 1. The van der Waals surface area contributed by atoms with Crippen molar-refractivity contribution < 1.29 is 4.79 Å². The molecule has 0 radical (unpaired) electrons. The van der Waals surface area contributed by atoms with E-state index >= 15 is 0 Å². The summed E-state index contributed by atoms with van der Waals surface area (Å²) in [4.78, 5) is 35.9. The van der Waals surface area contributed by atoms with Crippen LogP contribution in [0.15, 0.2) is 21.9 Å². The zero-order chi connectivity index (χ0) is 15.9. The summed E-state index contributed by atoms with van der Waals surface area (Å²) in [5.74, 6) is -0.412. The lowest BCUT2D eigenvalue weighted by Gasteiger charge is -2.23. The van der Waals surface area contributed by atoms with E-state index in [1.54, 1.807) is 6.20 Å². The molecule has 0 fully saturated rings. The standard InChI is InChI=1S/C14H17N5O3/c1-18-11(6-12(20)19(2)14(18)22)13(21)16-9-4-3-8-7-15-17-10(8)5-9/h6-7,9H,3-5H2,1-2H3,(H,15,17)(H,16,21)/t9-/m1/s1. The van der Waals surface area contributed by atoms with Crippen LogP contribution in [0.2, 0.25) is 0 Å². The van der Waals surface area contributed by atoms with Gasteiger partial charge in [0.1, 0.15) is 5.69 Å². The molecular formula is C14H17N5O3. The minimum Gasteiger partial charge on any atom is -0.348 e. The van der Waals surface area contributed by atoms with E-state index in [1.165, 1.54) is 30.3 Å². The van der Waals surface area contributed by atoms with Crippen LogP contribution in [0.4, 0.5) is 0 Å². The van der Waals surface area contributed by atoms with E-state index < -0.39 is 17.2 Å². The fraction of sp³-hybridized carbons (Fsp3) is 0.429. The maximum absolute atomic E-state index is 12.4.